The highest BCUT2D eigenvalue weighted by molar-refractivity contribution is 5.78. The van der Waals surface area contributed by atoms with E-state index in [1.165, 1.54) is 0 Å². The van der Waals surface area contributed by atoms with Crippen LogP contribution in [-0.4, -0.2) is 13.1 Å². The van der Waals surface area contributed by atoms with Crippen molar-refractivity contribution >= 4 is 5.97 Å². The van der Waals surface area contributed by atoms with Gasteiger partial charge >= 0.3 is 5.97 Å². The number of hydrogen-bond acceptors (Lipinski definition) is 3. The van der Waals surface area contributed by atoms with Crippen molar-refractivity contribution in [1.82, 2.24) is 0 Å². The fraction of sp³-hybridized carbons (Fsp3) is 0.526. The zero-order valence-electron chi connectivity index (χ0n) is 15.1. The standard InChI is InChI=1S/C19H23F3O3/c1-6-8-12-13(19(12,3)4)18(23)25-9-11-10(7-2)15(21)17(24-5)16(22)14(11)20/h6,8,12-13H,7,9H2,1-5H3/b8-6-/t12-,13+/m1/s1. The monoisotopic (exact) mass is 356 g/mol. The summed E-state index contributed by atoms with van der Waals surface area (Å²) >= 11 is 0. The summed E-state index contributed by atoms with van der Waals surface area (Å²) in [5, 5.41) is 0. The summed E-state index contributed by atoms with van der Waals surface area (Å²) in [6.07, 6.45) is 3.90. The molecule has 0 N–H and O–H groups in total. The molecular weight excluding hydrogens is 333 g/mol. The number of carbonyl (C=O) groups excluding carboxylic acids is 1. The Hall–Kier alpha value is -1.98. The van der Waals surface area contributed by atoms with Crippen molar-refractivity contribution in [3.05, 3.63) is 40.7 Å². The number of ether oxygens (including phenoxy) is 2. The van der Waals surface area contributed by atoms with Crippen molar-refractivity contribution < 1.29 is 27.4 Å². The van der Waals surface area contributed by atoms with Crippen LogP contribution in [0.1, 0.15) is 38.8 Å². The molecule has 0 saturated heterocycles. The molecule has 25 heavy (non-hydrogen) atoms. The van der Waals surface area contributed by atoms with Crippen LogP contribution >= 0.6 is 0 Å². The minimum Gasteiger partial charge on any atom is -0.491 e. The first-order chi connectivity index (χ1) is 11.7. The van der Waals surface area contributed by atoms with Gasteiger partial charge in [-0.1, -0.05) is 32.9 Å². The lowest BCUT2D eigenvalue weighted by Crippen LogP contribution is -2.14. The molecule has 0 spiro atoms. The molecule has 0 aliphatic heterocycles. The molecule has 1 aromatic carbocycles. The van der Waals surface area contributed by atoms with Crippen LogP contribution in [-0.2, 0) is 22.6 Å². The lowest BCUT2D eigenvalue weighted by molar-refractivity contribution is -0.147. The fourth-order valence-electron chi connectivity index (χ4n) is 3.36. The van der Waals surface area contributed by atoms with Gasteiger partial charge in [0.05, 0.1) is 13.0 Å². The maximum Gasteiger partial charge on any atom is 0.310 e. The van der Waals surface area contributed by atoms with Gasteiger partial charge in [0, 0.05) is 11.1 Å². The summed E-state index contributed by atoms with van der Waals surface area (Å²) in [4.78, 5) is 12.3. The van der Waals surface area contributed by atoms with E-state index >= 15 is 0 Å². The molecule has 0 aromatic heterocycles. The highest BCUT2D eigenvalue weighted by Gasteiger charge is 2.61. The second kappa shape index (κ2) is 7.10. The van der Waals surface area contributed by atoms with Crippen molar-refractivity contribution in [3.63, 3.8) is 0 Å². The number of allylic oxidation sites excluding steroid dienone is 2. The summed E-state index contributed by atoms with van der Waals surface area (Å²) in [7, 11) is 1.07. The summed E-state index contributed by atoms with van der Waals surface area (Å²) in [6.45, 7) is 6.83. The summed E-state index contributed by atoms with van der Waals surface area (Å²) < 4.78 is 52.2. The van der Waals surface area contributed by atoms with Crippen LogP contribution in [0.3, 0.4) is 0 Å². The smallest absolute Gasteiger partial charge is 0.310 e. The number of hydrogen-bond donors (Lipinski definition) is 0. The molecule has 2 atom stereocenters. The van der Waals surface area contributed by atoms with Gasteiger partial charge in [-0.05, 0) is 24.7 Å². The molecule has 1 saturated carbocycles. The first-order valence-electron chi connectivity index (χ1n) is 8.23. The third kappa shape index (κ3) is 3.26. The molecular formula is C19H23F3O3. The average molecular weight is 356 g/mol. The van der Waals surface area contributed by atoms with E-state index in [0.717, 1.165) is 7.11 Å². The Bertz CT molecular complexity index is 711. The number of rotatable bonds is 6. The Morgan fingerprint density at radius 3 is 2.32 bits per heavy atom. The van der Waals surface area contributed by atoms with Crippen LogP contribution in [0, 0.1) is 34.7 Å². The van der Waals surface area contributed by atoms with Gasteiger partial charge in [0.15, 0.2) is 17.4 Å². The lowest BCUT2D eigenvalue weighted by atomic mass is 10.0. The number of methoxy groups -OCH3 is 1. The number of esters is 1. The number of carbonyl (C=O) groups is 1. The van der Waals surface area contributed by atoms with Gasteiger partial charge in [0.2, 0.25) is 5.82 Å². The first kappa shape index (κ1) is 19.3. The molecule has 0 radical (unpaired) electrons. The SMILES string of the molecule is C/C=C\[C@@H]1[C@@H](C(=O)OCc2c(F)c(F)c(OC)c(F)c2CC)C1(C)C. The number of halogens is 3. The molecule has 6 heteroatoms. The van der Waals surface area contributed by atoms with Crippen molar-refractivity contribution in [2.24, 2.45) is 17.3 Å². The Kier molecular flexibility index (Phi) is 5.49. The predicted octanol–water partition coefficient (Wildman–Crippen LogP) is 4.57. The summed E-state index contributed by atoms with van der Waals surface area (Å²) in [6, 6.07) is 0. The maximum atomic E-state index is 14.3. The molecule has 138 valence electrons. The average Bonchev–Trinajstić information content (AvgIpc) is 3.11. The Morgan fingerprint density at radius 2 is 1.80 bits per heavy atom. The van der Waals surface area contributed by atoms with E-state index in [-0.39, 0.29) is 34.8 Å². The lowest BCUT2D eigenvalue weighted by Gasteiger charge is -2.15. The van der Waals surface area contributed by atoms with E-state index < -0.39 is 35.8 Å². The molecule has 0 amide bonds. The van der Waals surface area contributed by atoms with Crippen molar-refractivity contribution in [3.8, 4) is 5.75 Å². The molecule has 3 nitrogen and oxygen atoms in total. The van der Waals surface area contributed by atoms with Gasteiger partial charge in [-0.25, -0.2) is 8.78 Å². The maximum absolute atomic E-state index is 14.3. The van der Waals surface area contributed by atoms with E-state index in [9.17, 15) is 18.0 Å². The molecule has 0 unspecified atom stereocenters. The van der Waals surface area contributed by atoms with Crippen molar-refractivity contribution in [2.45, 2.75) is 40.7 Å². The Labute approximate surface area is 145 Å². The third-order valence-corrected chi connectivity index (χ3v) is 4.97. The van der Waals surface area contributed by atoms with Crippen molar-refractivity contribution in [2.75, 3.05) is 7.11 Å². The quantitative estimate of drug-likeness (QED) is 0.426. The third-order valence-electron chi connectivity index (χ3n) is 4.97. The van der Waals surface area contributed by atoms with Crippen LogP contribution in [0.5, 0.6) is 5.75 Å². The zero-order valence-corrected chi connectivity index (χ0v) is 15.1. The molecule has 2 rings (SSSR count). The molecule has 0 bridgehead atoms. The van der Waals surface area contributed by atoms with E-state index in [1.807, 2.05) is 32.9 Å². The molecule has 0 heterocycles. The van der Waals surface area contributed by atoms with Crippen LogP contribution in [0.2, 0.25) is 0 Å². The Balaban J connectivity index is 2.23. The second-order valence-electron chi connectivity index (χ2n) is 6.74. The first-order valence-corrected chi connectivity index (χ1v) is 8.23. The molecule has 1 aliphatic rings. The highest BCUT2D eigenvalue weighted by Crippen LogP contribution is 2.59. The highest BCUT2D eigenvalue weighted by atomic mass is 19.2. The van der Waals surface area contributed by atoms with Crippen LogP contribution in [0.15, 0.2) is 12.2 Å². The van der Waals surface area contributed by atoms with Gasteiger partial charge in [-0.15, -0.1) is 0 Å². The van der Waals surface area contributed by atoms with E-state index in [2.05, 4.69) is 4.74 Å². The number of benzene rings is 1. The second-order valence-corrected chi connectivity index (χ2v) is 6.74. The molecule has 1 aliphatic carbocycles. The van der Waals surface area contributed by atoms with Crippen molar-refractivity contribution in [1.29, 1.82) is 0 Å². The fourth-order valence-corrected chi connectivity index (χ4v) is 3.36. The summed E-state index contributed by atoms with van der Waals surface area (Å²) in [5.74, 6) is -5.18. The predicted molar refractivity (Wildman–Crippen MR) is 87.6 cm³/mol. The van der Waals surface area contributed by atoms with E-state index in [1.54, 1.807) is 6.92 Å². The van der Waals surface area contributed by atoms with Gasteiger partial charge in [0.1, 0.15) is 6.61 Å². The minimum atomic E-state index is -1.42. The van der Waals surface area contributed by atoms with E-state index in [0.29, 0.717) is 0 Å². The van der Waals surface area contributed by atoms with Gasteiger partial charge < -0.3 is 9.47 Å². The Morgan fingerprint density at radius 1 is 1.16 bits per heavy atom. The van der Waals surface area contributed by atoms with Gasteiger partial charge in [-0.2, -0.15) is 4.39 Å². The molecule has 1 fully saturated rings. The van der Waals surface area contributed by atoms with Gasteiger partial charge in [0.25, 0.3) is 0 Å². The van der Waals surface area contributed by atoms with Crippen LogP contribution in [0.25, 0.3) is 0 Å². The zero-order chi connectivity index (χ0) is 18.9. The van der Waals surface area contributed by atoms with Crippen LogP contribution in [0.4, 0.5) is 13.2 Å². The largest absolute Gasteiger partial charge is 0.491 e. The normalized spacial score (nSPS) is 21.4. The van der Waals surface area contributed by atoms with Gasteiger partial charge in [-0.3, -0.25) is 4.79 Å². The van der Waals surface area contributed by atoms with Crippen LogP contribution < -0.4 is 4.74 Å². The minimum absolute atomic E-state index is 0.0461. The topological polar surface area (TPSA) is 35.5 Å². The summed E-state index contributed by atoms with van der Waals surface area (Å²) in [5.41, 5.74) is -0.581. The van der Waals surface area contributed by atoms with E-state index in [4.69, 9.17) is 4.74 Å². The molecule has 1 aromatic rings.